The number of carbonyl (C=O) groups is 1. The van der Waals surface area contributed by atoms with Crippen LogP contribution in [0, 0.1) is 0 Å². The van der Waals surface area contributed by atoms with Crippen LogP contribution in [0.4, 0.5) is 0 Å². The van der Waals surface area contributed by atoms with E-state index in [1.54, 1.807) is 18.2 Å². The first kappa shape index (κ1) is 12.7. The Kier molecular flexibility index (Phi) is 4.97. The molecule has 1 rings (SSSR count). The SMILES string of the molecule is Cl.N[C@H](Cc1ccccc1O)C(=O)O. The maximum Gasteiger partial charge on any atom is 0.320 e. The molecule has 0 spiro atoms. The minimum atomic E-state index is -1.07. The predicted octanol–water partition coefficient (Wildman–Crippen LogP) is 0.768. The Bertz CT molecular complexity index is 317. The lowest BCUT2D eigenvalue weighted by Crippen LogP contribution is -2.32. The lowest BCUT2D eigenvalue weighted by atomic mass is 10.1. The van der Waals surface area contributed by atoms with Crippen molar-refractivity contribution in [2.75, 3.05) is 0 Å². The van der Waals surface area contributed by atoms with Crippen molar-refractivity contribution in [3.8, 4) is 5.75 Å². The van der Waals surface area contributed by atoms with Crippen LogP contribution >= 0.6 is 12.4 Å². The summed E-state index contributed by atoms with van der Waals surface area (Å²) >= 11 is 0. The first-order chi connectivity index (χ1) is 6.11. The molecule has 0 radical (unpaired) electrons. The topological polar surface area (TPSA) is 83.5 Å². The molecule has 1 aromatic carbocycles. The third kappa shape index (κ3) is 3.24. The number of carboxylic acid groups (broad SMARTS) is 1. The summed E-state index contributed by atoms with van der Waals surface area (Å²) in [5, 5.41) is 17.8. The van der Waals surface area contributed by atoms with Gasteiger partial charge in [-0.15, -0.1) is 12.4 Å². The third-order valence-corrected chi connectivity index (χ3v) is 1.75. The highest BCUT2D eigenvalue weighted by Gasteiger charge is 2.13. The predicted molar refractivity (Wildman–Crippen MR) is 54.7 cm³/mol. The first-order valence-corrected chi connectivity index (χ1v) is 3.86. The van der Waals surface area contributed by atoms with E-state index in [0.29, 0.717) is 5.56 Å². The number of phenolic OH excluding ortho intramolecular Hbond substituents is 1. The number of aromatic hydroxyl groups is 1. The van der Waals surface area contributed by atoms with Crippen LogP contribution < -0.4 is 5.73 Å². The number of nitrogens with two attached hydrogens (primary N) is 1. The van der Waals surface area contributed by atoms with Crippen LogP contribution in [0.15, 0.2) is 24.3 Å². The van der Waals surface area contributed by atoms with E-state index < -0.39 is 12.0 Å². The van der Waals surface area contributed by atoms with Gasteiger partial charge in [-0.3, -0.25) is 4.79 Å². The molecule has 0 aliphatic rings. The molecule has 1 aromatic rings. The number of phenols is 1. The second-order valence-corrected chi connectivity index (χ2v) is 2.78. The molecule has 0 heterocycles. The number of hydrogen-bond acceptors (Lipinski definition) is 3. The second-order valence-electron chi connectivity index (χ2n) is 2.78. The van der Waals surface area contributed by atoms with Crippen molar-refractivity contribution in [1.29, 1.82) is 0 Å². The van der Waals surface area contributed by atoms with E-state index in [4.69, 9.17) is 10.8 Å². The molecule has 0 unspecified atom stereocenters. The second kappa shape index (κ2) is 5.47. The highest BCUT2D eigenvalue weighted by molar-refractivity contribution is 5.85. The Labute approximate surface area is 87.8 Å². The van der Waals surface area contributed by atoms with E-state index in [9.17, 15) is 9.90 Å². The minimum Gasteiger partial charge on any atom is -0.508 e. The molecule has 0 amide bonds. The summed E-state index contributed by atoms with van der Waals surface area (Å²) in [5.74, 6) is -0.984. The van der Waals surface area contributed by atoms with Crippen LogP contribution in [0.1, 0.15) is 5.56 Å². The van der Waals surface area contributed by atoms with Crippen LogP contribution in [0.3, 0.4) is 0 Å². The van der Waals surface area contributed by atoms with Gasteiger partial charge in [0.15, 0.2) is 0 Å². The van der Waals surface area contributed by atoms with Gasteiger partial charge in [0.2, 0.25) is 0 Å². The van der Waals surface area contributed by atoms with Gasteiger partial charge in [0.25, 0.3) is 0 Å². The molecule has 4 nitrogen and oxygen atoms in total. The summed E-state index contributed by atoms with van der Waals surface area (Å²) in [5.41, 5.74) is 5.86. The molecule has 14 heavy (non-hydrogen) atoms. The van der Waals surface area contributed by atoms with Crippen molar-refractivity contribution in [2.45, 2.75) is 12.5 Å². The van der Waals surface area contributed by atoms with Gasteiger partial charge in [-0.1, -0.05) is 18.2 Å². The fourth-order valence-corrected chi connectivity index (χ4v) is 1.01. The van der Waals surface area contributed by atoms with Crippen molar-refractivity contribution >= 4 is 18.4 Å². The van der Waals surface area contributed by atoms with E-state index >= 15 is 0 Å². The standard InChI is InChI=1S/C9H11NO3.ClH/c10-7(9(12)13)5-6-3-1-2-4-8(6)11;/h1-4,7,11H,5,10H2,(H,12,13);1H/t7-;/m1./s1. The van der Waals surface area contributed by atoms with Crippen molar-refractivity contribution < 1.29 is 15.0 Å². The maximum atomic E-state index is 10.4. The van der Waals surface area contributed by atoms with Crippen molar-refractivity contribution in [3.63, 3.8) is 0 Å². The van der Waals surface area contributed by atoms with Crippen LogP contribution in [0.2, 0.25) is 0 Å². The number of rotatable bonds is 3. The molecule has 0 aromatic heterocycles. The van der Waals surface area contributed by atoms with Gasteiger partial charge < -0.3 is 15.9 Å². The van der Waals surface area contributed by atoms with Crippen LogP contribution in [0.25, 0.3) is 0 Å². The normalized spacial score (nSPS) is 11.5. The molecule has 1 atom stereocenters. The molecule has 0 saturated carbocycles. The molecular weight excluding hydrogens is 206 g/mol. The zero-order chi connectivity index (χ0) is 9.84. The molecular formula is C9H12ClNO3. The Morgan fingerprint density at radius 1 is 1.43 bits per heavy atom. The van der Waals surface area contributed by atoms with Gasteiger partial charge >= 0.3 is 5.97 Å². The first-order valence-electron chi connectivity index (χ1n) is 3.86. The molecule has 5 heteroatoms. The van der Waals surface area contributed by atoms with E-state index in [1.807, 2.05) is 0 Å². The quantitative estimate of drug-likeness (QED) is 0.698. The smallest absolute Gasteiger partial charge is 0.320 e. The van der Waals surface area contributed by atoms with E-state index in [-0.39, 0.29) is 24.6 Å². The molecule has 0 aliphatic carbocycles. The fraction of sp³-hybridized carbons (Fsp3) is 0.222. The molecule has 0 bridgehead atoms. The van der Waals surface area contributed by atoms with E-state index in [2.05, 4.69) is 0 Å². The molecule has 78 valence electrons. The van der Waals surface area contributed by atoms with E-state index in [1.165, 1.54) is 6.07 Å². The van der Waals surface area contributed by atoms with E-state index in [0.717, 1.165) is 0 Å². The van der Waals surface area contributed by atoms with Gasteiger partial charge in [-0.2, -0.15) is 0 Å². The zero-order valence-electron chi connectivity index (χ0n) is 7.38. The van der Waals surface area contributed by atoms with Crippen LogP contribution in [0.5, 0.6) is 5.75 Å². The Hall–Kier alpha value is -1.26. The minimum absolute atomic E-state index is 0. The summed E-state index contributed by atoms with van der Waals surface area (Å²) in [4.78, 5) is 10.4. The molecule has 0 aliphatic heterocycles. The lowest BCUT2D eigenvalue weighted by Gasteiger charge is -2.07. The van der Waals surface area contributed by atoms with Gasteiger partial charge in [-0.05, 0) is 11.6 Å². The number of para-hydroxylation sites is 1. The zero-order valence-corrected chi connectivity index (χ0v) is 8.20. The largest absolute Gasteiger partial charge is 0.508 e. The number of halogens is 1. The molecule has 4 N–H and O–H groups in total. The third-order valence-electron chi connectivity index (χ3n) is 1.75. The number of benzene rings is 1. The molecule has 0 saturated heterocycles. The van der Waals surface area contributed by atoms with Crippen LogP contribution in [-0.4, -0.2) is 22.2 Å². The van der Waals surface area contributed by atoms with Crippen molar-refractivity contribution in [2.24, 2.45) is 5.73 Å². The fourth-order valence-electron chi connectivity index (χ4n) is 1.01. The number of carboxylic acids is 1. The van der Waals surface area contributed by atoms with Gasteiger partial charge in [0.05, 0.1) is 0 Å². The Morgan fingerprint density at radius 3 is 2.50 bits per heavy atom. The number of aliphatic carboxylic acids is 1. The van der Waals surface area contributed by atoms with Gasteiger partial charge in [0.1, 0.15) is 11.8 Å². The van der Waals surface area contributed by atoms with Crippen molar-refractivity contribution in [1.82, 2.24) is 0 Å². The average Bonchev–Trinajstić information content (AvgIpc) is 2.08. The Morgan fingerprint density at radius 2 is 2.00 bits per heavy atom. The van der Waals surface area contributed by atoms with Gasteiger partial charge in [-0.25, -0.2) is 0 Å². The average molecular weight is 218 g/mol. The Balaban J connectivity index is 0.00000169. The van der Waals surface area contributed by atoms with Crippen LogP contribution in [-0.2, 0) is 11.2 Å². The highest BCUT2D eigenvalue weighted by Crippen LogP contribution is 2.16. The summed E-state index contributed by atoms with van der Waals surface area (Å²) < 4.78 is 0. The summed E-state index contributed by atoms with van der Waals surface area (Å²) in [6.07, 6.45) is 0.141. The summed E-state index contributed by atoms with van der Waals surface area (Å²) in [6, 6.07) is 5.59. The summed E-state index contributed by atoms with van der Waals surface area (Å²) in [6.45, 7) is 0. The monoisotopic (exact) mass is 217 g/mol. The number of hydrogen-bond donors (Lipinski definition) is 3. The lowest BCUT2D eigenvalue weighted by molar-refractivity contribution is -0.138. The summed E-state index contributed by atoms with van der Waals surface area (Å²) in [7, 11) is 0. The molecule has 0 fully saturated rings. The van der Waals surface area contributed by atoms with Crippen molar-refractivity contribution in [3.05, 3.63) is 29.8 Å². The maximum absolute atomic E-state index is 10.4. The highest BCUT2D eigenvalue weighted by atomic mass is 35.5. The van der Waals surface area contributed by atoms with Gasteiger partial charge in [0, 0.05) is 6.42 Å².